The quantitative estimate of drug-likeness (QED) is 0.669. The van der Waals surface area contributed by atoms with Crippen LogP contribution in [0.4, 0.5) is 0 Å². The second-order valence-electron chi connectivity index (χ2n) is 4.51. The van der Waals surface area contributed by atoms with Crippen molar-refractivity contribution in [1.82, 2.24) is 4.57 Å². The number of fused-ring (bicyclic) bond motifs is 3. The Kier molecular flexibility index (Phi) is 2.98. The van der Waals surface area contributed by atoms with Gasteiger partial charge in [-0.05, 0) is 11.6 Å². The largest absolute Gasteiger partial charge is 0.392 e. The van der Waals surface area contributed by atoms with Crippen molar-refractivity contribution in [1.29, 1.82) is 0 Å². The fraction of sp³-hybridized carbons (Fsp3) is 0.200. The first kappa shape index (κ1) is 12.2. The van der Waals surface area contributed by atoms with Gasteiger partial charge in [-0.3, -0.25) is 0 Å². The summed E-state index contributed by atoms with van der Waals surface area (Å²) in [6.45, 7) is -0.327. The molecule has 0 bridgehead atoms. The number of nitrogens with zero attached hydrogens (tertiary/aromatic N) is 1. The number of hydrogen-bond donors (Lipinski definition) is 3. The maximum Gasteiger partial charge on any atom is 0.120 e. The Hall–Kier alpha value is -1.88. The lowest BCUT2D eigenvalue weighted by Crippen LogP contribution is -1.99. The molecule has 3 N–H and O–H groups in total. The first-order valence-electron chi connectivity index (χ1n) is 6.16. The van der Waals surface area contributed by atoms with Crippen molar-refractivity contribution < 1.29 is 15.3 Å². The number of benzene rings is 2. The molecule has 4 heteroatoms. The molecule has 3 rings (SSSR count). The standard InChI is InChI=1S/C15H15NO3/c17-7-10-5-6-11(8-18)15-14(10)12-3-1-2-4-13(12)16(15)9-19/h1-6,17-19H,7-9H2. The average Bonchev–Trinajstić information content (AvgIpc) is 2.81. The Bertz CT molecular complexity index is 746. The van der Waals surface area contributed by atoms with Crippen molar-refractivity contribution in [2.45, 2.75) is 19.9 Å². The van der Waals surface area contributed by atoms with Crippen molar-refractivity contribution in [2.75, 3.05) is 0 Å². The summed E-state index contributed by atoms with van der Waals surface area (Å²) in [5.74, 6) is 0. The maximum absolute atomic E-state index is 9.62. The Morgan fingerprint density at radius 1 is 0.842 bits per heavy atom. The number of aromatic nitrogens is 1. The summed E-state index contributed by atoms with van der Waals surface area (Å²) in [6, 6.07) is 11.3. The lowest BCUT2D eigenvalue weighted by molar-refractivity contribution is 0.219. The summed E-state index contributed by atoms with van der Waals surface area (Å²) < 4.78 is 1.76. The number of hydrogen-bond acceptors (Lipinski definition) is 3. The molecule has 0 atom stereocenters. The fourth-order valence-electron chi connectivity index (χ4n) is 2.73. The summed E-state index contributed by atoms with van der Waals surface area (Å²) in [5.41, 5.74) is 3.24. The topological polar surface area (TPSA) is 65.6 Å². The van der Waals surface area contributed by atoms with Crippen molar-refractivity contribution in [3.8, 4) is 0 Å². The van der Waals surface area contributed by atoms with Gasteiger partial charge in [0.2, 0.25) is 0 Å². The van der Waals surface area contributed by atoms with Crippen LogP contribution >= 0.6 is 0 Å². The van der Waals surface area contributed by atoms with E-state index in [4.69, 9.17) is 0 Å². The molecule has 0 saturated carbocycles. The summed E-state index contributed by atoms with van der Waals surface area (Å²) >= 11 is 0. The van der Waals surface area contributed by atoms with Crippen LogP contribution in [0, 0.1) is 0 Å². The molecule has 0 radical (unpaired) electrons. The first-order chi connectivity index (χ1) is 9.31. The van der Waals surface area contributed by atoms with E-state index in [1.165, 1.54) is 0 Å². The van der Waals surface area contributed by atoms with Gasteiger partial charge in [0.15, 0.2) is 0 Å². The van der Waals surface area contributed by atoms with Crippen LogP contribution in [0.2, 0.25) is 0 Å². The van der Waals surface area contributed by atoms with E-state index in [0.717, 1.165) is 32.9 Å². The van der Waals surface area contributed by atoms with E-state index in [0.29, 0.717) is 0 Å². The smallest absolute Gasteiger partial charge is 0.120 e. The third kappa shape index (κ3) is 1.65. The molecule has 1 heterocycles. The predicted octanol–water partition coefficient (Wildman–Crippen LogP) is 1.73. The van der Waals surface area contributed by atoms with E-state index in [-0.39, 0.29) is 19.9 Å². The monoisotopic (exact) mass is 257 g/mol. The number of aliphatic hydroxyl groups excluding tert-OH is 3. The van der Waals surface area contributed by atoms with E-state index >= 15 is 0 Å². The lowest BCUT2D eigenvalue weighted by Gasteiger charge is -2.08. The van der Waals surface area contributed by atoms with E-state index in [2.05, 4.69) is 0 Å². The predicted molar refractivity (Wildman–Crippen MR) is 73.5 cm³/mol. The molecule has 0 saturated heterocycles. The molecule has 98 valence electrons. The van der Waals surface area contributed by atoms with Gasteiger partial charge in [-0.1, -0.05) is 30.3 Å². The van der Waals surface area contributed by atoms with Crippen molar-refractivity contribution >= 4 is 21.8 Å². The fourth-order valence-corrected chi connectivity index (χ4v) is 2.73. The molecule has 3 aromatic rings. The maximum atomic E-state index is 9.62. The van der Waals surface area contributed by atoms with E-state index < -0.39 is 0 Å². The SMILES string of the molecule is OCc1ccc(CO)c2c1c1ccccc1n2CO. The second-order valence-corrected chi connectivity index (χ2v) is 4.51. The molecule has 1 aromatic heterocycles. The molecule has 4 nitrogen and oxygen atoms in total. The van der Waals surface area contributed by atoms with Crippen LogP contribution in [-0.4, -0.2) is 19.9 Å². The molecular formula is C15H15NO3. The van der Waals surface area contributed by atoms with Gasteiger partial charge in [-0.2, -0.15) is 0 Å². The van der Waals surface area contributed by atoms with E-state index in [1.54, 1.807) is 10.6 Å². The zero-order valence-electron chi connectivity index (χ0n) is 10.4. The third-order valence-corrected chi connectivity index (χ3v) is 3.56. The Labute approximate surface area is 110 Å². The van der Waals surface area contributed by atoms with Crippen LogP contribution in [0.1, 0.15) is 11.1 Å². The lowest BCUT2D eigenvalue weighted by atomic mass is 10.0. The molecule has 0 spiro atoms. The highest BCUT2D eigenvalue weighted by molar-refractivity contribution is 6.10. The third-order valence-electron chi connectivity index (χ3n) is 3.56. The van der Waals surface area contributed by atoms with Crippen molar-refractivity contribution in [2.24, 2.45) is 0 Å². The van der Waals surface area contributed by atoms with Crippen LogP contribution in [0.5, 0.6) is 0 Å². The minimum atomic E-state index is -0.161. The highest BCUT2D eigenvalue weighted by Gasteiger charge is 2.15. The van der Waals surface area contributed by atoms with Gasteiger partial charge in [0, 0.05) is 16.3 Å². The Morgan fingerprint density at radius 3 is 2.21 bits per heavy atom. The minimum Gasteiger partial charge on any atom is -0.392 e. The van der Waals surface area contributed by atoms with Crippen LogP contribution in [-0.2, 0) is 19.9 Å². The first-order valence-corrected chi connectivity index (χ1v) is 6.16. The molecular weight excluding hydrogens is 242 g/mol. The number of rotatable bonds is 3. The molecule has 0 unspecified atom stereocenters. The summed E-state index contributed by atoms with van der Waals surface area (Å²) in [4.78, 5) is 0. The van der Waals surface area contributed by atoms with Gasteiger partial charge in [0.25, 0.3) is 0 Å². The van der Waals surface area contributed by atoms with Gasteiger partial charge >= 0.3 is 0 Å². The van der Waals surface area contributed by atoms with Gasteiger partial charge in [0.1, 0.15) is 6.73 Å². The zero-order chi connectivity index (χ0) is 13.4. The Balaban J connectivity index is 2.60. The molecule has 0 aliphatic rings. The average molecular weight is 257 g/mol. The summed E-state index contributed by atoms with van der Waals surface area (Å²) in [7, 11) is 0. The minimum absolute atomic E-state index is 0.0678. The van der Waals surface area contributed by atoms with Crippen LogP contribution in [0.25, 0.3) is 21.8 Å². The molecule has 19 heavy (non-hydrogen) atoms. The molecule has 2 aromatic carbocycles. The van der Waals surface area contributed by atoms with Crippen molar-refractivity contribution in [3.05, 3.63) is 47.5 Å². The second kappa shape index (κ2) is 4.66. The van der Waals surface area contributed by atoms with Crippen LogP contribution < -0.4 is 0 Å². The van der Waals surface area contributed by atoms with Crippen LogP contribution in [0.3, 0.4) is 0 Å². The van der Waals surface area contributed by atoms with E-state index in [9.17, 15) is 15.3 Å². The molecule has 0 aliphatic carbocycles. The number of aliphatic hydroxyl groups is 3. The van der Waals surface area contributed by atoms with Gasteiger partial charge < -0.3 is 19.9 Å². The number of para-hydroxylation sites is 1. The highest BCUT2D eigenvalue weighted by atomic mass is 16.3. The zero-order valence-corrected chi connectivity index (χ0v) is 10.4. The van der Waals surface area contributed by atoms with Gasteiger partial charge in [-0.15, -0.1) is 0 Å². The normalized spacial score (nSPS) is 11.5. The van der Waals surface area contributed by atoms with Crippen molar-refractivity contribution in [3.63, 3.8) is 0 Å². The molecule has 0 aliphatic heterocycles. The molecule has 0 fully saturated rings. The Morgan fingerprint density at radius 2 is 1.53 bits per heavy atom. The highest BCUT2D eigenvalue weighted by Crippen LogP contribution is 2.33. The van der Waals surface area contributed by atoms with Crippen LogP contribution in [0.15, 0.2) is 36.4 Å². The van der Waals surface area contributed by atoms with Gasteiger partial charge in [0.05, 0.1) is 24.2 Å². The summed E-state index contributed by atoms with van der Waals surface area (Å²) in [6.07, 6.45) is 0. The van der Waals surface area contributed by atoms with Gasteiger partial charge in [-0.25, -0.2) is 0 Å². The summed E-state index contributed by atoms with van der Waals surface area (Å²) in [5, 5.41) is 30.5. The van der Waals surface area contributed by atoms with E-state index in [1.807, 2.05) is 30.3 Å². The molecule has 0 amide bonds.